The van der Waals surface area contributed by atoms with E-state index in [0.29, 0.717) is 31.1 Å². The number of rotatable bonds is 5. The first kappa shape index (κ1) is 21.8. The number of piperidine rings is 1. The summed E-state index contributed by atoms with van der Waals surface area (Å²) >= 11 is 0. The number of carbonyl (C=O) groups is 3. The fourth-order valence-electron chi connectivity index (χ4n) is 5.20. The maximum absolute atomic E-state index is 12.8. The highest BCUT2D eigenvalue weighted by atomic mass is 16.3. The summed E-state index contributed by atoms with van der Waals surface area (Å²) in [5.74, 6) is 0.205. The first-order valence-corrected chi connectivity index (χ1v) is 11.5. The summed E-state index contributed by atoms with van der Waals surface area (Å²) in [6.45, 7) is 5.33. The second kappa shape index (κ2) is 8.61. The van der Waals surface area contributed by atoms with Crippen molar-refractivity contribution in [1.82, 2.24) is 10.2 Å². The third-order valence-corrected chi connectivity index (χ3v) is 7.26. The van der Waals surface area contributed by atoms with Crippen molar-refractivity contribution in [3.05, 3.63) is 29.8 Å². The zero-order valence-electron chi connectivity index (χ0n) is 18.5. The minimum absolute atomic E-state index is 0.00518. The molecule has 2 aliphatic heterocycles. The maximum Gasteiger partial charge on any atom is 0.329 e. The number of hydrogen-bond acceptors (Lipinski definition) is 4. The zero-order valence-corrected chi connectivity index (χ0v) is 18.5. The van der Waals surface area contributed by atoms with Crippen molar-refractivity contribution in [2.45, 2.75) is 76.4 Å². The molecule has 0 bridgehead atoms. The Bertz CT molecular complexity index is 853. The van der Waals surface area contributed by atoms with Gasteiger partial charge in [-0.25, -0.2) is 9.69 Å². The Hall–Kier alpha value is -2.41. The van der Waals surface area contributed by atoms with Gasteiger partial charge in [-0.15, -0.1) is 0 Å². The predicted octanol–water partition coefficient (Wildman–Crippen LogP) is 3.17. The Kier molecular flexibility index (Phi) is 6.06. The number of urea groups is 1. The number of nitrogens with zero attached hydrogens (tertiary/aromatic N) is 2. The van der Waals surface area contributed by atoms with Crippen LogP contribution in [0, 0.1) is 5.92 Å². The van der Waals surface area contributed by atoms with Gasteiger partial charge in [0.25, 0.3) is 5.91 Å². The topological polar surface area (TPSA) is 90.0 Å². The van der Waals surface area contributed by atoms with Gasteiger partial charge >= 0.3 is 6.03 Å². The van der Waals surface area contributed by atoms with E-state index in [2.05, 4.69) is 19.2 Å². The Morgan fingerprint density at radius 3 is 2.65 bits per heavy atom. The minimum Gasteiger partial charge on any atom is -0.389 e. The molecule has 4 rings (SSSR count). The Balaban J connectivity index is 1.33. The van der Waals surface area contributed by atoms with Crippen molar-refractivity contribution in [2.75, 3.05) is 18.0 Å². The summed E-state index contributed by atoms with van der Waals surface area (Å²) in [4.78, 5) is 41.0. The van der Waals surface area contributed by atoms with E-state index in [1.165, 1.54) is 4.90 Å². The molecule has 0 spiro atoms. The highest BCUT2D eigenvalue weighted by molar-refractivity contribution is 6.21. The van der Waals surface area contributed by atoms with E-state index in [-0.39, 0.29) is 30.6 Å². The van der Waals surface area contributed by atoms with Gasteiger partial charge in [-0.3, -0.25) is 9.59 Å². The molecule has 168 valence electrons. The number of nitrogens with one attached hydrogen (secondary N) is 1. The molecule has 1 aromatic carbocycles. The van der Waals surface area contributed by atoms with Gasteiger partial charge in [0.15, 0.2) is 0 Å². The third-order valence-electron chi connectivity index (χ3n) is 7.26. The molecule has 0 aromatic heterocycles. The molecular weight excluding hydrogens is 394 g/mol. The second-order valence-electron chi connectivity index (χ2n) is 9.60. The molecule has 31 heavy (non-hydrogen) atoms. The van der Waals surface area contributed by atoms with Gasteiger partial charge in [0.1, 0.15) is 6.04 Å². The Labute approximate surface area is 183 Å². The van der Waals surface area contributed by atoms with Crippen LogP contribution >= 0.6 is 0 Å². The average Bonchev–Trinajstić information content (AvgIpc) is 3.04. The van der Waals surface area contributed by atoms with Crippen molar-refractivity contribution in [1.29, 1.82) is 0 Å². The van der Waals surface area contributed by atoms with Crippen molar-refractivity contribution in [2.24, 2.45) is 5.92 Å². The highest BCUT2D eigenvalue weighted by Crippen LogP contribution is 2.40. The van der Waals surface area contributed by atoms with Gasteiger partial charge in [0, 0.05) is 25.4 Å². The summed E-state index contributed by atoms with van der Waals surface area (Å²) in [7, 11) is 0. The van der Waals surface area contributed by atoms with E-state index in [1.54, 1.807) is 12.1 Å². The first-order valence-electron chi connectivity index (χ1n) is 11.5. The normalized spacial score (nSPS) is 28.6. The molecule has 1 aliphatic carbocycles. The fraction of sp³-hybridized carbons (Fsp3) is 0.625. The molecule has 0 radical (unpaired) electrons. The highest BCUT2D eigenvalue weighted by Gasteiger charge is 2.44. The molecule has 0 unspecified atom stereocenters. The maximum atomic E-state index is 12.8. The lowest BCUT2D eigenvalue weighted by Crippen LogP contribution is -2.54. The van der Waals surface area contributed by atoms with Crippen molar-refractivity contribution in [3.63, 3.8) is 0 Å². The quantitative estimate of drug-likeness (QED) is 0.707. The van der Waals surface area contributed by atoms with Crippen molar-refractivity contribution >= 4 is 23.5 Å². The SMILES string of the molecule is CC(C)c1ccc(N2C(=O)N[C@H](CCC(=O)N3CC[C@@]4(O)CCCC[C@H]4C3)C2=O)cc1. The Morgan fingerprint density at radius 2 is 1.94 bits per heavy atom. The molecule has 1 aromatic rings. The predicted molar refractivity (Wildman–Crippen MR) is 118 cm³/mol. The lowest BCUT2D eigenvalue weighted by atomic mass is 9.71. The van der Waals surface area contributed by atoms with Crippen LogP contribution in [0.1, 0.15) is 70.3 Å². The average molecular weight is 428 g/mol. The zero-order chi connectivity index (χ0) is 22.2. The van der Waals surface area contributed by atoms with Crippen LogP contribution in [0.25, 0.3) is 0 Å². The number of carbonyl (C=O) groups excluding carboxylic acids is 3. The largest absolute Gasteiger partial charge is 0.389 e. The van der Waals surface area contributed by atoms with Crippen LogP contribution in [-0.4, -0.2) is 52.6 Å². The van der Waals surface area contributed by atoms with E-state index in [1.807, 2.05) is 17.0 Å². The number of imide groups is 1. The number of anilines is 1. The summed E-state index contributed by atoms with van der Waals surface area (Å²) in [6, 6.07) is 6.32. The molecule has 7 nitrogen and oxygen atoms in total. The number of benzene rings is 1. The molecule has 2 heterocycles. The molecule has 2 saturated heterocycles. The Morgan fingerprint density at radius 1 is 1.19 bits per heavy atom. The second-order valence-corrected chi connectivity index (χ2v) is 9.60. The molecule has 1 saturated carbocycles. The smallest absolute Gasteiger partial charge is 0.329 e. The summed E-state index contributed by atoms with van der Waals surface area (Å²) in [5, 5.41) is 13.5. The van der Waals surface area contributed by atoms with Gasteiger partial charge < -0.3 is 15.3 Å². The van der Waals surface area contributed by atoms with Gasteiger partial charge in [-0.05, 0) is 49.3 Å². The summed E-state index contributed by atoms with van der Waals surface area (Å²) in [5.41, 5.74) is 1.08. The fourth-order valence-corrected chi connectivity index (χ4v) is 5.20. The van der Waals surface area contributed by atoms with E-state index in [4.69, 9.17) is 0 Å². The number of amides is 4. The van der Waals surface area contributed by atoms with Gasteiger partial charge in [-0.1, -0.05) is 38.8 Å². The molecule has 4 amide bonds. The summed E-state index contributed by atoms with van der Waals surface area (Å²) in [6.07, 6.45) is 5.07. The monoisotopic (exact) mass is 427 g/mol. The van der Waals surface area contributed by atoms with E-state index in [0.717, 1.165) is 31.2 Å². The van der Waals surface area contributed by atoms with Crippen molar-refractivity contribution < 1.29 is 19.5 Å². The summed E-state index contributed by atoms with van der Waals surface area (Å²) < 4.78 is 0. The molecule has 7 heteroatoms. The van der Waals surface area contributed by atoms with Gasteiger partial charge in [-0.2, -0.15) is 0 Å². The van der Waals surface area contributed by atoms with Crippen LogP contribution in [-0.2, 0) is 9.59 Å². The molecule has 2 N–H and O–H groups in total. The van der Waals surface area contributed by atoms with Crippen LogP contribution in [0.15, 0.2) is 24.3 Å². The van der Waals surface area contributed by atoms with Crippen LogP contribution < -0.4 is 10.2 Å². The lowest BCUT2D eigenvalue weighted by molar-refractivity contribution is -0.143. The number of hydrogen-bond donors (Lipinski definition) is 2. The van der Waals surface area contributed by atoms with Gasteiger partial charge in [0.2, 0.25) is 5.91 Å². The molecule has 3 atom stereocenters. The number of aliphatic hydroxyl groups is 1. The number of fused-ring (bicyclic) bond motifs is 1. The van der Waals surface area contributed by atoms with Crippen LogP contribution in [0.5, 0.6) is 0 Å². The minimum atomic E-state index is -0.683. The third kappa shape index (κ3) is 4.33. The van der Waals surface area contributed by atoms with Crippen LogP contribution in [0.4, 0.5) is 10.5 Å². The van der Waals surface area contributed by atoms with Crippen LogP contribution in [0.2, 0.25) is 0 Å². The molecular formula is C24H33N3O4. The van der Waals surface area contributed by atoms with Gasteiger partial charge in [0.05, 0.1) is 11.3 Å². The van der Waals surface area contributed by atoms with E-state index in [9.17, 15) is 19.5 Å². The van der Waals surface area contributed by atoms with E-state index < -0.39 is 17.7 Å². The standard InChI is InChI=1S/C24H33N3O4/c1-16(2)17-6-8-19(9-7-17)27-22(29)20(25-23(27)30)10-11-21(28)26-14-13-24(31)12-4-3-5-18(24)15-26/h6-9,16,18,20,31H,3-5,10-15H2,1-2H3,(H,25,30)/t18-,20+,24-/m0/s1. The van der Waals surface area contributed by atoms with E-state index >= 15 is 0 Å². The lowest BCUT2D eigenvalue weighted by Gasteiger charge is -2.47. The molecule has 3 fully saturated rings. The van der Waals surface area contributed by atoms with Crippen molar-refractivity contribution in [3.8, 4) is 0 Å². The van der Waals surface area contributed by atoms with Crippen LogP contribution in [0.3, 0.4) is 0 Å². The number of likely N-dealkylation sites (tertiary alicyclic amines) is 1. The molecule has 3 aliphatic rings. The first-order chi connectivity index (χ1) is 14.8.